The number of ether oxygens (including phenoxy) is 2. The van der Waals surface area contributed by atoms with Crippen molar-refractivity contribution in [2.75, 3.05) is 20.3 Å². The van der Waals surface area contributed by atoms with Crippen molar-refractivity contribution in [2.24, 2.45) is 5.92 Å². The molecule has 3 nitrogen and oxygen atoms in total. The van der Waals surface area contributed by atoms with Crippen LogP contribution in [0.1, 0.15) is 19.3 Å². The van der Waals surface area contributed by atoms with E-state index in [2.05, 4.69) is 0 Å². The summed E-state index contributed by atoms with van der Waals surface area (Å²) in [5.41, 5.74) is 0. The van der Waals surface area contributed by atoms with Gasteiger partial charge in [0.2, 0.25) is 0 Å². The lowest BCUT2D eigenvalue weighted by Gasteiger charge is -2.06. The lowest BCUT2D eigenvalue weighted by molar-refractivity contribution is 0.184. The molecular formula is C8H15NO2. The van der Waals surface area contributed by atoms with Gasteiger partial charge in [0.1, 0.15) is 0 Å². The quantitative estimate of drug-likeness (QED) is 0.497. The van der Waals surface area contributed by atoms with Crippen LogP contribution in [0.2, 0.25) is 0 Å². The van der Waals surface area contributed by atoms with Crippen LogP contribution in [0.15, 0.2) is 0 Å². The smallest absolute Gasteiger partial charge is 0.180 e. The third-order valence-electron chi connectivity index (χ3n) is 2.05. The van der Waals surface area contributed by atoms with Crippen molar-refractivity contribution in [1.82, 2.24) is 0 Å². The average molecular weight is 157 g/mol. The van der Waals surface area contributed by atoms with Crippen LogP contribution in [-0.2, 0) is 9.47 Å². The van der Waals surface area contributed by atoms with E-state index in [1.54, 1.807) is 7.11 Å². The number of nitrogens with one attached hydrogen (secondary N) is 1. The van der Waals surface area contributed by atoms with Gasteiger partial charge in [-0.25, -0.2) is 0 Å². The molecule has 0 aromatic heterocycles. The van der Waals surface area contributed by atoms with E-state index in [0.717, 1.165) is 32.5 Å². The standard InChI is InChI=1S/C8H15NO2/c1-10-8(9)3-2-7-4-5-11-6-7/h7,9H,2-6H2,1H3. The van der Waals surface area contributed by atoms with Crippen molar-refractivity contribution >= 4 is 5.90 Å². The van der Waals surface area contributed by atoms with Crippen molar-refractivity contribution in [2.45, 2.75) is 19.3 Å². The molecule has 0 aromatic carbocycles. The highest BCUT2D eigenvalue weighted by Gasteiger charge is 2.15. The minimum atomic E-state index is 0.386. The van der Waals surface area contributed by atoms with E-state index in [1.165, 1.54) is 0 Å². The van der Waals surface area contributed by atoms with Gasteiger partial charge < -0.3 is 9.47 Å². The maximum absolute atomic E-state index is 7.24. The van der Waals surface area contributed by atoms with Gasteiger partial charge in [-0.1, -0.05) is 0 Å². The summed E-state index contributed by atoms with van der Waals surface area (Å²) >= 11 is 0. The topological polar surface area (TPSA) is 42.3 Å². The summed E-state index contributed by atoms with van der Waals surface area (Å²) in [5.74, 6) is 1.04. The van der Waals surface area contributed by atoms with Gasteiger partial charge in [-0.2, -0.15) is 0 Å². The number of hydrogen-bond acceptors (Lipinski definition) is 3. The van der Waals surface area contributed by atoms with Crippen molar-refractivity contribution in [3.8, 4) is 0 Å². The van der Waals surface area contributed by atoms with Crippen LogP contribution in [0.25, 0.3) is 0 Å². The average Bonchev–Trinajstić information content (AvgIpc) is 2.52. The summed E-state index contributed by atoms with van der Waals surface area (Å²) in [6.07, 6.45) is 2.94. The molecule has 0 aliphatic carbocycles. The van der Waals surface area contributed by atoms with Gasteiger partial charge in [0.15, 0.2) is 5.90 Å². The second kappa shape index (κ2) is 4.34. The Morgan fingerprint density at radius 1 is 1.73 bits per heavy atom. The summed E-state index contributed by atoms with van der Waals surface area (Å²) in [6.45, 7) is 1.77. The molecule has 1 unspecified atom stereocenters. The van der Waals surface area contributed by atoms with Crippen LogP contribution in [0.3, 0.4) is 0 Å². The van der Waals surface area contributed by atoms with Gasteiger partial charge >= 0.3 is 0 Å². The Balaban J connectivity index is 2.06. The highest BCUT2D eigenvalue weighted by molar-refractivity contribution is 5.72. The Bertz CT molecular complexity index is 130. The lowest BCUT2D eigenvalue weighted by atomic mass is 10.0. The zero-order valence-corrected chi connectivity index (χ0v) is 6.93. The zero-order chi connectivity index (χ0) is 8.10. The van der Waals surface area contributed by atoms with E-state index in [0.29, 0.717) is 11.8 Å². The fourth-order valence-corrected chi connectivity index (χ4v) is 1.25. The molecule has 0 saturated carbocycles. The zero-order valence-electron chi connectivity index (χ0n) is 6.93. The summed E-state index contributed by atoms with van der Waals surface area (Å²) in [6, 6.07) is 0. The molecule has 1 atom stereocenters. The van der Waals surface area contributed by atoms with Gasteiger partial charge in [0, 0.05) is 19.6 Å². The number of hydrogen-bond donors (Lipinski definition) is 1. The van der Waals surface area contributed by atoms with Gasteiger partial charge in [0.05, 0.1) is 7.11 Å². The Morgan fingerprint density at radius 3 is 3.09 bits per heavy atom. The van der Waals surface area contributed by atoms with Crippen molar-refractivity contribution in [1.29, 1.82) is 5.41 Å². The monoisotopic (exact) mass is 157 g/mol. The fraction of sp³-hybridized carbons (Fsp3) is 0.875. The van der Waals surface area contributed by atoms with E-state index >= 15 is 0 Å². The molecule has 0 radical (unpaired) electrons. The summed E-state index contributed by atoms with van der Waals surface area (Å²) in [5, 5.41) is 7.24. The highest BCUT2D eigenvalue weighted by atomic mass is 16.5. The molecule has 1 saturated heterocycles. The van der Waals surface area contributed by atoms with E-state index in [9.17, 15) is 0 Å². The summed E-state index contributed by atoms with van der Waals surface area (Å²) in [7, 11) is 1.55. The lowest BCUT2D eigenvalue weighted by Crippen LogP contribution is -2.05. The van der Waals surface area contributed by atoms with Crippen molar-refractivity contribution in [3.05, 3.63) is 0 Å². The molecule has 64 valence electrons. The molecule has 1 rings (SSSR count). The molecule has 1 N–H and O–H groups in total. The molecule has 0 amide bonds. The third-order valence-corrected chi connectivity index (χ3v) is 2.05. The maximum Gasteiger partial charge on any atom is 0.180 e. The Labute approximate surface area is 67.2 Å². The first-order valence-electron chi connectivity index (χ1n) is 4.02. The molecule has 0 aromatic rings. The first-order valence-corrected chi connectivity index (χ1v) is 4.02. The largest absolute Gasteiger partial charge is 0.484 e. The first kappa shape index (κ1) is 8.53. The second-order valence-corrected chi connectivity index (χ2v) is 2.90. The van der Waals surface area contributed by atoms with E-state index in [1.807, 2.05) is 0 Å². The summed E-state index contributed by atoms with van der Waals surface area (Å²) < 4.78 is 9.96. The Kier molecular flexibility index (Phi) is 3.36. The van der Waals surface area contributed by atoms with Crippen LogP contribution in [0.5, 0.6) is 0 Å². The second-order valence-electron chi connectivity index (χ2n) is 2.90. The summed E-state index contributed by atoms with van der Waals surface area (Å²) in [4.78, 5) is 0. The number of rotatable bonds is 3. The molecule has 0 spiro atoms. The minimum absolute atomic E-state index is 0.386. The van der Waals surface area contributed by atoms with Crippen LogP contribution < -0.4 is 0 Å². The molecule has 0 bridgehead atoms. The molecule has 1 fully saturated rings. The molecular weight excluding hydrogens is 142 g/mol. The SMILES string of the molecule is COC(=N)CCC1CCOC1. The van der Waals surface area contributed by atoms with E-state index < -0.39 is 0 Å². The van der Waals surface area contributed by atoms with Crippen LogP contribution in [0.4, 0.5) is 0 Å². The predicted octanol–water partition coefficient (Wildman–Crippen LogP) is 1.43. The number of methoxy groups -OCH3 is 1. The predicted molar refractivity (Wildman–Crippen MR) is 42.9 cm³/mol. The van der Waals surface area contributed by atoms with Gasteiger partial charge in [0.25, 0.3) is 0 Å². The van der Waals surface area contributed by atoms with Gasteiger partial charge in [-0.05, 0) is 18.8 Å². The third kappa shape index (κ3) is 2.89. The molecule has 11 heavy (non-hydrogen) atoms. The van der Waals surface area contributed by atoms with E-state index in [-0.39, 0.29) is 0 Å². The van der Waals surface area contributed by atoms with Crippen LogP contribution in [-0.4, -0.2) is 26.2 Å². The first-order chi connectivity index (χ1) is 5.33. The van der Waals surface area contributed by atoms with E-state index in [4.69, 9.17) is 14.9 Å². The highest BCUT2D eigenvalue weighted by Crippen LogP contribution is 2.17. The van der Waals surface area contributed by atoms with Crippen molar-refractivity contribution in [3.63, 3.8) is 0 Å². The molecule has 1 heterocycles. The molecule has 1 aliphatic heterocycles. The van der Waals surface area contributed by atoms with Gasteiger partial charge in [-0.3, -0.25) is 5.41 Å². The maximum atomic E-state index is 7.24. The minimum Gasteiger partial charge on any atom is -0.484 e. The van der Waals surface area contributed by atoms with Crippen LogP contribution >= 0.6 is 0 Å². The van der Waals surface area contributed by atoms with Crippen molar-refractivity contribution < 1.29 is 9.47 Å². The Morgan fingerprint density at radius 2 is 2.55 bits per heavy atom. The fourth-order valence-electron chi connectivity index (χ4n) is 1.25. The van der Waals surface area contributed by atoms with Crippen LogP contribution in [0, 0.1) is 11.3 Å². The Hall–Kier alpha value is -0.570. The van der Waals surface area contributed by atoms with Gasteiger partial charge in [-0.15, -0.1) is 0 Å². The normalized spacial score (nSPS) is 23.5. The molecule has 1 aliphatic rings. The molecule has 3 heteroatoms.